The van der Waals surface area contributed by atoms with Gasteiger partial charge in [0.05, 0.1) is 25.4 Å². The predicted molar refractivity (Wildman–Crippen MR) is 120 cm³/mol. The number of carbonyl (C=O) groups is 1. The van der Waals surface area contributed by atoms with Crippen molar-refractivity contribution >= 4 is 36.0 Å². The Morgan fingerprint density at radius 1 is 1.25 bits per heavy atom. The molecule has 0 radical (unpaired) electrons. The van der Waals surface area contributed by atoms with E-state index in [1.807, 2.05) is 41.5 Å². The smallest absolute Gasteiger partial charge is 0.412 e. The molecule has 0 spiro atoms. The maximum atomic E-state index is 12.8. The summed E-state index contributed by atoms with van der Waals surface area (Å²) in [5.41, 5.74) is -1.15. The van der Waals surface area contributed by atoms with Crippen molar-refractivity contribution in [1.29, 1.82) is 0 Å². The molecule has 0 aliphatic carbocycles. The maximum Gasteiger partial charge on any atom is 0.412 e. The van der Waals surface area contributed by atoms with Crippen LogP contribution in [0.2, 0.25) is 0 Å². The van der Waals surface area contributed by atoms with Gasteiger partial charge in [0.25, 0.3) is 0 Å². The van der Waals surface area contributed by atoms with Gasteiger partial charge in [-0.3, -0.25) is 9.89 Å². The first-order chi connectivity index (χ1) is 12.4. The highest BCUT2D eigenvalue weighted by Crippen LogP contribution is 2.33. The van der Waals surface area contributed by atoms with Crippen LogP contribution in [0.1, 0.15) is 48.5 Å². The lowest BCUT2D eigenvalue weighted by atomic mass is 9.89. The standard InChI is InChI=1S/C19H36N4O4.HI/c1-13-14(9-21-15(20-8)22-10-19(7)11-25-12-19)23(18(5,6)26-13)16(24)27-17(2,3)4;/h13-14H,9-12H2,1-8H3,(H2,20,21,22);1H. The van der Waals surface area contributed by atoms with Crippen LogP contribution >= 0.6 is 24.0 Å². The third-order valence-corrected chi connectivity index (χ3v) is 4.80. The number of hydrogen-bond acceptors (Lipinski definition) is 5. The SMILES string of the molecule is CN=C(NCC1C(C)OC(C)(C)N1C(=O)OC(C)(C)C)NCC1(C)COC1.I. The van der Waals surface area contributed by atoms with Gasteiger partial charge in [-0.1, -0.05) is 6.92 Å². The second-order valence-electron chi connectivity index (χ2n) is 9.30. The Kier molecular flexibility index (Phi) is 8.41. The summed E-state index contributed by atoms with van der Waals surface area (Å²) in [5, 5.41) is 6.65. The lowest BCUT2D eigenvalue weighted by Crippen LogP contribution is -2.55. The molecule has 28 heavy (non-hydrogen) atoms. The van der Waals surface area contributed by atoms with Gasteiger partial charge in [0, 0.05) is 25.6 Å². The molecule has 2 unspecified atom stereocenters. The number of carbonyl (C=O) groups excluding carboxylic acids is 1. The third-order valence-electron chi connectivity index (χ3n) is 4.80. The zero-order valence-electron chi connectivity index (χ0n) is 18.4. The number of aliphatic imine (C=N–C) groups is 1. The number of amides is 1. The fourth-order valence-electron chi connectivity index (χ4n) is 3.39. The minimum Gasteiger partial charge on any atom is -0.444 e. The van der Waals surface area contributed by atoms with Gasteiger partial charge in [-0.2, -0.15) is 0 Å². The molecule has 2 saturated heterocycles. The molecule has 0 saturated carbocycles. The minimum atomic E-state index is -0.734. The molecule has 2 fully saturated rings. The highest BCUT2D eigenvalue weighted by molar-refractivity contribution is 14.0. The van der Waals surface area contributed by atoms with Crippen LogP contribution in [0, 0.1) is 5.41 Å². The minimum absolute atomic E-state index is 0. The normalized spacial score (nSPS) is 26.1. The molecule has 0 aromatic carbocycles. The molecule has 2 aliphatic rings. The van der Waals surface area contributed by atoms with E-state index in [0.717, 1.165) is 19.8 Å². The van der Waals surface area contributed by atoms with Crippen LogP contribution in [0.3, 0.4) is 0 Å². The first-order valence-corrected chi connectivity index (χ1v) is 9.59. The Labute approximate surface area is 186 Å². The van der Waals surface area contributed by atoms with Crippen LogP contribution in [0.25, 0.3) is 0 Å². The molecule has 1 amide bonds. The van der Waals surface area contributed by atoms with Crippen molar-refractivity contribution in [2.75, 3.05) is 33.4 Å². The number of hydrogen-bond donors (Lipinski definition) is 2. The largest absolute Gasteiger partial charge is 0.444 e. The first kappa shape index (κ1) is 25.2. The van der Waals surface area contributed by atoms with Crippen molar-refractivity contribution in [1.82, 2.24) is 15.5 Å². The second-order valence-corrected chi connectivity index (χ2v) is 9.30. The van der Waals surface area contributed by atoms with Crippen LogP contribution in [0.15, 0.2) is 4.99 Å². The number of guanidine groups is 1. The number of nitrogens with zero attached hydrogens (tertiary/aromatic N) is 2. The fourth-order valence-corrected chi connectivity index (χ4v) is 3.39. The second kappa shape index (κ2) is 9.34. The molecule has 9 heteroatoms. The molecule has 2 heterocycles. The molecular weight excluding hydrogens is 475 g/mol. The highest BCUT2D eigenvalue weighted by Gasteiger charge is 2.49. The maximum absolute atomic E-state index is 12.8. The average Bonchev–Trinajstić information content (AvgIpc) is 2.72. The van der Waals surface area contributed by atoms with Crippen LogP contribution in [0.5, 0.6) is 0 Å². The molecule has 2 aliphatic heterocycles. The Balaban J connectivity index is 0.00000392. The predicted octanol–water partition coefficient (Wildman–Crippen LogP) is 2.57. The van der Waals surface area contributed by atoms with Crippen molar-refractivity contribution in [3.63, 3.8) is 0 Å². The summed E-state index contributed by atoms with van der Waals surface area (Å²) < 4.78 is 16.9. The Hall–Kier alpha value is -0.810. The van der Waals surface area contributed by atoms with E-state index in [1.165, 1.54) is 0 Å². The summed E-state index contributed by atoms with van der Waals surface area (Å²) >= 11 is 0. The zero-order chi connectivity index (χ0) is 20.5. The Bertz CT molecular complexity index is 573. The van der Waals surface area contributed by atoms with Crippen molar-refractivity contribution in [3.05, 3.63) is 0 Å². The quantitative estimate of drug-likeness (QED) is 0.342. The number of nitrogens with one attached hydrogen (secondary N) is 2. The van der Waals surface area contributed by atoms with Crippen LogP contribution < -0.4 is 10.6 Å². The lowest BCUT2D eigenvalue weighted by molar-refractivity contribution is -0.0971. The van der Waals surface area contributed by atoms with E-state index in [2.05, 4.69) is 22.5 Å². The monoisotopic (exact) mass is 512 g/mol. The van der Waals surface area contributed by atoms with Crippen LogP contribution in [-0.4, -0.2) is 73.8 Å². The molecule has 164 valence electrons. The topological polar surface area (TPSA) is 84.4 Å². The van der Waals surface area contributed by atoms with Crippen LogP contribution in [-0.2, 0) is 14.2 Å². The molecule has 2 atom stereocenters. The molecule has 0 bridgehead atoms. The lowest BCUT2D eigenvalue weighted by Gasteiger charge is -2.38. The van der Waals surface area contributed by atoms with E-state index in [4.69, 9.17) is 14.2 Å². The van der Waals surface area contributed by atoms with Crippen molar-refractivity contribution in [2.24, 2.45) is 10.4 Å². The van der Waals surface area contributed by atoms with Gasteiger partial charge < -0.3 is 24.8 Å². The Morgan fingerprint density at radius 2 is 1.86 bits per heavy atom. The van der Waals surface area contributed by atoms with E-state index < -0.39 is 11.3 Å². The van der Waals surface area contributed by atoms with E-state index in [1.54, 1.807) is 11.9 Å². The van der Waals surface area contributed by atoms with Crippen molar-refractivity contribution in [3.8, 4) is 0 Å². The summed E-state index contributed by atoms with van der Waals surface area (Å²) in [7, 11) is 1.74. The van der Waals surface area contributed by atoms with Gasteiger partial charge in [0.1, 0.15) is 11.3 Å². The van der Waals surface area contributed by atoms with Gasteiger partial charge >= 0.3 is 6.09 Å². The van der Waals surface area contributed by atoms with Gasteiger partial charge in [-0.15, -0.1) is 24.0 Å². The molecule has 2 N–H and O–H groups in total. The molecule has 8 nitrogen and oxygen atoms in total. The summed E-state index contributed by atoms with van der Waals surface area (Å²) in [5.74, 6) is 0.698. The molecule has 0 aromatic heterocycles. The van der Waals surface area contributed by atoms with Crippen LogP contribution in [0.4, 0.5) is 4.79 Å². The van der Waals surface area contributed by atoms with E-state index in [9.17, 15) is 4.79 Å². The summed E-state index contributed by atoms with van der Waals surface area (Å²) in [6.07, 6.45) is -0.499. The summed E-state index contributed by atoms with van der Waals surface area (Å²) in [4.78, 5) is 18.8. The average molecular weight is 512 g/mol. The molecule has 2 rings (SSSR count). The third kappa shape index (κ3) is 6.35. The number of rotatable bonds is 4. The van der Waals surface area contributed by atoms with Crippen molar-refractivity contribution in [2.45, 2.75) is 71.9 Å². The van der Waals surface area contributed by atoms with Crippen molar-refractivity contribution < 1.29 is 19.0 Å². The van der Waals surface area contributed by atoms with Gasteiger partial charge in [-0.05, 0) is 41.5 Å². The molecule has 0 aromatic rings. The van der Waals surface area contributed by atoms with E-state index >= 15 is 0 Å². The highest BCUT2D eigenvalue weighted by atomic mass is 127. The molecular formula is C19H37IN4O4. The summed E-state index contributed by atoms with van der Waals surface area (Å²) in [6.45, 7) is 16.3. The van der Waals surface area contributed by atoms with E-state index in [-0.39, 0.29) is 47.6 Å². The van der Waals surface area contributed by atoms with E-state index in [0.29, 0.717) is 12.5 Å². The Morgan fingerprint density at radius 3 is 2.32 bits per heavy atom. The zero-order valence-corrected chi connectivity index (χ0v) is 20.7. The fraction of sp³-hybridized carbons (Fsp3) is 0.895. The van der Waals surface area contributed by atoms with Gasteiger partial charge in [-0.25, -0.2) is 4.79 Å². The number of ether oxygens (including phenoxy) is 3. The van der Waals surface area contributed by atoms with Gasteiger partial charge in [0.15, 0.2) is 5.96 Å². The number of halogens is 1. The van der Waals surface area contributed by atoms with Gasteiger partial charge in [0.2, 0.25) is 0 Å². The first-order valence-electron chi connectivity index (χ1n) is 9.59. The summed E-state index contributed by atoms with van der Waals surface area (Å²) in [6, 6.07) is -0.170.